The van der Waals surface area contributed by atoms with E-state index in [-0.39, 0.29) is 5.91 Å². The van der Waals surface area contributed by atoms with Gasteiger partial charge in [0.05, 0.1) is 12.3 Å². The van der Waals surface area contributed by atoms with Crippen LogP contribution < -0.4 is 10.1 Å². The lowest BCUT2D eigenvalue weighted by Crippen LogP contribution is -2.29. The fraction of sp³-hybridized carbons (Fsp3) is 0.500. The molecule has 0 fully saturated rings. The number of amides is 1. The number of fused-ring (bicyclic) bond motifs is 1. The Morgan fingerprint density at radius 3 is 2.92 bits per heavy atom. The average molecular weight is 341 g/mol. The Morgan fingerprint density at radius 1 is 1.36 bits per heavy atom. The number of aromatic nitrogens is 2. The first kappa shape index (κ1) is 17.5. The van der Waals surface area contributed by atoms with Gasteiger partial charge in [0.15, 0.2) is 0 Å². The third kappa shape index (κ3) is 4.84. The molecule has 2 aromatic rings. The van der Waals surface area contributed by atoms with Gasteiger partial charge in [-0.15, -0.1) is 0 Å². The highest BCUT2D eigenvalue weighted by molar-refractivity contribution is 5.75. The summed E-state index contributed by atoms with van der Waals surface area (Å²) in [7, 11) is 0. The minimum absolute atomic E-state index is 0.0128. The Balaban J connectivity index is 1.44. The van der Waals surface area contributed by atoms with Crippen molar-refractivity contribution < 1.29 is 9.53 Å². The number of ether oxygens (including phenoxy) is 1. The summed E-state index contributed by atoms with van der Waals surface area (Å²) in [5.74, 6) is 1.61. The molecule has 0 bridgehead atoms. The van der Waals surface area contributed by atoms with Crippen molar-refractivity contribution in [1.82, 2.24) is 15.1 Å². The molecule has 0 spiro atoms. The van der Waals surface area contributed by atoms with E-state index in [1.807, 2.05) is 37.4 Å². The number of rotatable bonds is 7. The van der Waals surface area contributed by atoms with Gasteiger partial charge in [-0.25, -0.2) is 0 Å². The molecule has 25 heavy (non-hydrogen) atoms. The maximum atomic E-state index is 12.1. The molecule has 0 saturated heterocycles. The number of benzene rings is 1. The molecule has 1 unspecified atom stereocenters. The van der Waals surface area contributed by atoms with Gasteiger partial charge in [-0.05, 0) is 61.8 Å². The summed E-state index contributed by atoms with van der Waals surface area (Å²) in [6, 6.07) is 8.02. The highest BCUT2D eigenvalue weighted by Gasteiger charge is 2.19. The molecule has 5 heteroatoms. The smallest absolute Gasteiger partial charge is 0.241 e. The van der Waals surface area contributed by atoms with E-state index in [0.717, 1.165) is 25.0 Å². The number of hydrogen-bond acceptors (Lipinski definition) is 3. The monoisotopic (exact) mass is 341 g/mol. The molecule has 0 saturated carbocycles. The van der Waals surface area contributed by atoms with Crippen LogP contribution in [0.5, 0.6) is 5.75 Å². The van der Waals surface area contributed by atoms with Crippen molar-refractivity contribution in [3.63, 3.8) is 0 Å². The van der Waals surface area contributed by atoms with Crippen molar-refractivity contribution in [2.45, 2.75) is 46.1 Å². The van der Waals surface area contributed by atoms with Gasteiger partial charge in [0.25, 0.3) is 0 Å². The van der Waals surface area contributed by atoms with E-state index in [1.54, 1.807) is 4.68 Å². The van der Waals surface area contributed by atoms with Crippen molar-refractivity contribution in [2.75, 3.05) is 13.2 Å². The zero-order valence-corrected chi connectivity index (χ0v) is 15.1. The predicted octanol–water partition coefficient (Wildman–Crippen LogP) is 2.77. The maximum Gasteiger partial charge on any atom is 0.241 e. The van der Waals surface area contributed by atoms with Crippen molar-refractivity contribution >= 4 is 5.91 Å². The first-order valence-corrected chi connectivity index (χ1v) is 9.17. The molecule has 1 aliphatic rings. The van der Waals surface area contributed by atoms with Gasteiger partial charge < -0.3 is 10.1 Å². The van der Waals surface area contributed by atoms with Gasteiger partial charge in [0.2, 0.25) is 5.91 Å². The second kappa shape index (κ2) is 8.19. The van der Waals surface area contributed by atoms with E-state index in [0.29, 0.717) is 25.6 Å². The fourth-order valence-electron chi connectivity index (χ4n) is 3.29. The zero-order chi connectivity index (χ0) is 17.6. The van der Waals surface area contributed by atoms with E-state index >= 15 is 0 Å². The first-order valence-electron chi connectivity index (χ1n) is 9.17. The minimum Gasteiger partial charge on any atom is -0.494 e. The Morgan fingerprint density at radius 2 is 2.16 bits per heavy atom. The number of aryl methyl sites for hydroxylation is 1. The quantitative estimate of drug-likeness (QED) is 0.842. The Bertz CT molecular complexity index is 706. The fourth-order valence-corrected chi connectivity index (χ4v) is 3.29. The Kier molecular flexibility index (Phi) is 5.74. The summed E-state index contributed by atoms with van der Waals surface area (Å²) in [6.45, 7) is 5.84. The van der Waals surface area contributed by atoms with E-state index in [2.05, 4.69) is 17.3 Å². The molecule has 134 valence electrons. The summed E-state index contributed by atoms with van der Waals surface area (Å²) >= 11 is 0. The molecule has 0 radical (unpaired) electrons. The molecule has 1 amide bonds. The van der Waals surface area contributed by atoms with E-state index in [4.69, 9.17) is 4.74 Å². The number of carbonyl (C=O) groups is 1. The van der Waals surface area contributed by atoms with Gasteiger partial charge >= 0.3 is 0 Å². The summed E-state index contributed by atoms with van der Waals surface area (Å²) in [5.41, 5.74) is 3.66. The molecule has 1 atom stereocenters. The second-order valence-electron chi connectivity index (χ2n) is 6.82. The molecule has 1 aromatic carbocycles. The molecular weight excluding hydrogens is 314 g/mol. The molecule has 1 aliphatic carbocycles. The molecule has 1 heterocycles. The van der Waals surface area contributed by atoms with Gasteiger partial charge in [0, 0.05) is 12.7 Å². The molecule has 0 aliphatic heterocycles. The van der Waals surface area contributed by atoms with Crippen LogP contribution in [0.2, 0.25) is 0 Å². The number of nitrogens with one attached hydrogen (secondary N) is 1. The first-order chi connectivity index (χ1) is 12.1. The van der Waals surface area contributed by atoms with Crippen molar-refractivity contribution in [3.05, 3.63) is 47.3 Å². The van der Waals surface area contributed by atoms with Crippen LogP contribution in [-0.4, -0.2) is 28.8 Å². The molecule has 3 rings (SSSR count). The molecule has 1 N–H and O–H groups in total. The van der Waals surface area contributed by atoms with Crippen LogP contribution in [0.15, 0.2) is 30.5 Å². The van der Waals surface area contributed by atoms with Crippen molar-refractivity contribution in [2.24, 2.45) is 5.92 Å². The maximum absolute atomic E-state index is 12.1. The van der Waals surface area contributed by atoms with Gasteiger partial charge in [-0.2, -0.15) is 5.10 Å². The van der Waals surface area contributed by atoms with E-state index in [1.165, 1.54) is 23.2 Å². The summed E-state index contributed by atoms with van der Waals surface area (Å²) in [5, 5.41) is 7.54. The number of carbonyl (C=O) groups excluding carboxylic acids is 1. The third-order valence-corrected chi connectivity index (χ3v) is 4.64. The van der Waals surface area contributed by atoms with Crippen LogP contribution in [0, 0.1) is 5.92 Å². The van der Waals surface area contributed by atoms with Crippen LogP contribution in [0.1, 0.15) is 37.1 Å². The van der Waals surface area contributed by atoms with Crippen molar-refractivity contribution in [3.8, 4) is 5.75 Å². The summed E-state index contributed by atoms with van der Waals surface area (Å²) in [6.07, 6.45) is 6.15. The Hall–Kier alpha value is -2.30. The SMILES string of the molecule is CCOc1ccc(CCNC(=O)Cn2cc3c(n2)CCC(C)C3)cc1. The highest BCUT2D eigenvalue weighted by Crippen LogP contribution is 2.23. The molecule has 1 aromatic heterocycles. The lowest BCUT2D eigenvalue weighted by molar-refractivity contribution is -0.121. The lowest BCUT2D eigenvalue weighted by atomic mass is 9.89. The van der Waals surface area contributed by atoms with Crippen LogP contribution in [-0.2, 0) is 30.6 Å². The largest absolute Gasteiger partial charge is 0.494 e. The standard InChI is InChI=1S/C20H27N3O2/c1-3-25-18-7-5-16(6-8-18)10-11-21-20(24)14-23-13-17-12-15(2)4-9-19(17)22-23/h5-8,13,15H,3-4,9-12,14H2,1-2H3,(H,21,24). The lowest BCUT2D eigenvalue weighted by Gasteiger charge is -2.15. The normalized spacial score (nSPS) is 16.3. The average Bonchev–Trinajstić information content (AvgIpc) is 2.98. The van der Waals surface area contributed by atoms with Gasteiger partial charge in [0.1, 0.15) is 12.3 Å². The summed E-state index contributed by atoms with van der Waals surface area (Å²) < 4.78 is 7.22. The predicted molar refractivity (Wildman–Crippen MR) is 97.7 cm³/mol. The van der Waals surface area contributed by atoms with Gasteiger partial charge in [-0.1, -0.05) is 19.1 Å². The topological polar surface area (TPSA) is 56.1 Å². The second-order valence-corrected chi connectivity index (χ2v) is 6.82. The molecular formula is C20H27N3O2. The minimum atomic E-state index is 0.0128. The van der Waals surface area contributed by atoms with Crippen LogP contribution in [0.25, 0.3) is 0 Å². The van der Waals surface area contributed by atoms with E-state index in [9.17, 15) is 4.79 Å². The van der Waals surface area contributed by atoms with Crippen molar-refractivity contribution in [1.29, 1.82) is 0 Å². The zero-order valence-electron chi connectivity index (χ0n) is 15.1. The Labute approximate surface area is 149 Å². The highest BCUT2D eigenvalue weighted by atomic mass is 16.5. The molecule has 5 nitrogen and oxygen atoms in total. The van der Waals surface area contributed by atoms with Crippen LogP contribution in [0.3, 0.4) is 0 Å². The van der Waals surface area contributed by atoms with E-state index < -0.39 is 0 Å². The number of hydrogen-bond donors (Lipinski definition) is 1. The summed E-state index contributed by atoms with van der Waals surface area (Å²) in [4.78, 5) is 12.1. The van der Waals surface area contributed by atoms with Crippen LogP contribution >= 0.6 is 0 Å². The van der Waals surface area contributed by atoms with Gasteiger partial charge in [-0.3, -0.25) is 9.48 Å². The number of nitrogens with zero attached hydrogens (tertiary/aromatic N) is 2. The van der Waals surface area contributed by atoms with Crippen LogP contribution in [0.4, 0.5) is 0 Å². The third-order valence-electron chi connectivity index (χ3n) is 4.64.